The number of hydrogen-bond acceptors (Lipinski definition) is 6. The van der Waals surface area contributed by atoms with Crippen molar-refractivity contribution in [3.05, 3.63) is 188 Å². The molecule has 11 heteroatoms. The molecule has 264 valence electrons. The standard InChI is InChI=1S/2C21H17Cl2NO2.Ca/c2*22-18-11-10-15(14-19(18)23)12-13-24(16-6-2-1-3-7-16)20-9-5-4-8-17(20)21(25)26;/h2*1-11,14H,12-13H2,(H,25,26);/q;;+2/p-2. The van der Waals surface area contributed by atoms with E-state index in [0.717, 1.165) is 22.5 Å². The average molecular weight is 811 g/mol. The molecule has 0 aliphatic rings. The van der Waals surface area contributed by atoms with E-state index in [1.807, 2.05) is 107 Å². The van der Waals surface area contributed by atoms with Crippen molar-refractivity contribution in [3.63, 3.8) is 0 Å². The molecule has 0 fully saturated rings. The number of rotatable bonds is 12. The van der Waals surface area contributed by atoms with Gasteiger partial charge in [0.05, 0.1) is 43.4 Å². The molecule has 0 spiro atoms. The molecule has 0 aromatic heterocycles. The fourth-order valence-corrected chi connectivity index (χ4v) is 6.27. The zero-order valence-corrected chi connectivity index (χ0v) is 33.7. The van der Waals surface area contributed by atoms with Gasteiger partial charge in [-0.1, -0.05) is 131 Å². The monoisotopic (exact) mass is 808 g/mol. The number of carboxylic acid groups (broad SMARTS) is 2. The number of carboxylic acids is 2. The van der Waals surface area contributed by atoms with Gasteiger partial charge in [0.25, 0.3) is 0 Å². The van der Waals surface area contributed by atoms with E-state index >= 15 is 0 Å². The minimum atomic E-state index is -1.20. The number of nitrogens with zero attached hydrogens (tertiary/aromatic N) is 2. The Morgan fingerprint density at radius 3 is 1.13 bits per heavy atom. The minimum Gasteiger partial charge on any atom is -0.545 e. The predicted molar refractivity (Wildman–Crippen MR) is 215 cm³/mol. The van der Waals surface area contributed by atoms with Crippen LogP contribution in [0.25, 0.3) is 0 Å². The molecule has 53 heavy (non-hydrogen) atoms. The summed E-state index contributed by atoms with van der Waals surface area (Å²) < 4.78 is 0. The molecule has 6 rings (SSSR count). The molecule has 0 N–H and O–H groups in total. The zero-order valence-electron chi connectivity index (χ0n) is 28.4. The van der Waals surface area contributed by atoms with Crippen LogP contribution in [0.1, 0.15) is 31.8 Å². The van der Waals surface area contributed by atoms with Gasteiger partial charge < -0.3 is 29.6 Å². The summed E-state index contributed by atoms with van der Waals surface area (Å²) in [6.45, 7) is 1.15. The van der Waals surface area contributed by atoms with E-state index in [9.17, 15) is 19.8 Å². The largest absolute Gasteiger partial charge is 2.00 e. The smallest absolute Gasteiger partial charge is 0.545 e. The van der Waals surface area contributed by atoms with Gasteiger partial charge in [0.1, 0.15) is 0 Å². The number of halogens is 4. The fraction of sp³-hybridized carbons (Fsp3) is 0.0952. The molecule has 0 atom stereocenters. The van der Waals surface area contributed by atoms with Crippen LogP contribution >= 0.6 is 46.4 Å². The van der Waals surface area contributed by atoms with Gasteiger partial charge in [-0.25, -0.2) is 0 Å². The first-order valence-corrected chi connectivity index (χ1v) is 17.8. The Kier molecular flexibility index (Phi) is 16.4. The number of para-hydroxylation sites is 4. The van der Waals surface area contributed by atoms with Crippen molar-refractivity contribution < 1.29 is 19.8 Å². The van der Waals surface area contributed by atoms with E-state index in [0.29, 0.717) is 57.4 Å². The van der Waals surface area contributed by atoms with Crippen molar-refractivity contribution >= 4 is 119 Å². The summed E-state index contributed by atoms with van der Waals surface area (Å²) in [5, 5.41) is 25.1. The molecule has 0 unspecified atom stereocenters. The normalized spacial score (nSPS) is 10.3. The molecule has 0 amide bonds. The van der Waals surface area contributed by atoms with Crippen LogP contribution < -0.4 is 20.0 Å². The first-order valence-electron chi connectivity index (χ1n) is 16.3. The second-order valence-corrected chi connectivity index (χ2v) is 13.2. The summed E-state index contributed by atoms with van der Waals surface area (Å²) in [6.07, 6.45) is 1.35. The van der Waals surface area contributed by atoms with Crippen LogP contribution in [0, 0.1) is 0 Å². The Labute approximate surface area is 359 Å². The van der Waals surface area contributed by atoms with E-state index in [-0.39, 0.29) is 48.9 Å². The van der Waals surface area contributed by atoms with Gasteiger partial charge in [-0.2, -0.15) is 0 Å². The van der Waals surface area contributed by atoms with Gasteiger partial charge in [-0.15, -0.1) is 0 Å². The molecule has 0 saturated carbocycles. The van der Waals surface area contributed by atoms with Crippen molar-refractivity contribution in [1.29, 1.82) is 0 Å². The van der Waals surface area contributed by atoms with E-state index in [4.69, 9.17) is 46.4 Å². The number of carbonyl (C=O) groups is 2. The molecule has 0 aliphatic carbocycles. The molecular formula is C42H32CaCl4N2O4. The Morgan fingerprint density at radius 2 is 0.792 bits per heavy atom. The van der Waals surface area contributed by atoms with E-state index in [2.05, 4.69) is 0 Å². The second kappa shape index (κ2) is 20.7. The third kappa shape index (κ3) is 11.6. The summed E-state index contributed by atoms with van der Waals surface area (Å²) in [7, 11) is 0. The first-order chi connectivity index (χ1) is 25.1. The van der Waals surface area contributed by atoms with Crippen LogP contribution in [-0.4, -0.2) is 62.8 Å². The van der Waals surface area contributed by atoms with E-state index < -0.39 is 11.9 Å². The van der Waals surface area contributed by atoms with Crippen LogP contribution in [0.4, 0.5) is 22.7 Å². The Bertz CT molecular complexity index is 1990. The Balaban J connectivity index is 0.000000232. The fourth-order valence-electron chi connectivity index (χ4n) is 5.63. The van der Waals surface area contributed by atoms with Crippen LogP contribution in [0.15, 0.2) is 146 Å². The Morgan fingerprint density at radius 1 is 0.453 bits per heavy atom. The zero-order chi connectivity index (χ0) is 37.0. The van der Waals surface area contributed by atoms with E-state index in [1.54, 1.807) is 48.5 Å². The van der Waals surface area contributed by atoms with Gasteiger partial charge in [0.15, 0.2) is 0 Å². The average Bonchev–Trinajstić information content (AvgIpc) is 3.16. The molecule has 0 bridgehead atoms. The van der Waals surface area contributed by atoms with Crippen molar-refractivity contribution in [3.8, 4) is 0 Å². The van der Waals surface area contributed by atoms with Gasteiger partial charge in [-0.05, 0) is 84.6 Å². The van der Waals surface area contributed by atoms with E-state index in [1.165, 1.54) is 0 Å². The summed E-state index contributed by atoms with van der Waals surface area (Å²) >= 11 is 24.1. The maximum Gasteiger partial charge on any atom is 2.00 e. The van der Waals surface area contributed by atoms with Crippen molar-refractivity contribution in [1.82, 2.24) is 0 Å². The number of hydrogen-bond donors (Lipinski definition) is 0. The number of anilines is 4. The summed E-state index contributed by atoms with van der Waals surface area (Å²) in [6, 6.07) is 44.0. The summed E-state index contributed by atoms with van der Waals surface area (Å²) in [4.78, 5) is 27.0. The molecule has 0 saturated heterocycles. The molecule has 6 aromatic carbocycles. The number of benzene rings is 6. The molecule has 0 heterocycles. The first kappa shape index (κ1) is 42.0. The quantitative estimate of drug-likeness (QED) is 0.115. The van der Waals surface area contributed by atoms with Gasteiger partial charge >= 0.3 is 37.7 Å². The molecular weight excluding hydrogens is 778 g/mol. The second-order valence-electron chi connectivity index (χ2n) is 11.6. The number of aromatic carboxylic acids is 2. The van der Waals surface area contributed by atoms with Crippen molar-refractivity contribution in [2.24, 2.45) is 0 Å². The van der Waals surface area contributed by atoms with Crippen LogP contribution in [0.5, 0.6) is 0 Å². The molecule has 0 radical (unpaired) electrons. The van der Waals surface area contributed by atoms with Crippen molar-refractivity contribution in [2.75, 3.05) is 22.9 Å². The van der Waals surface area contributed by atoms with Crippen LogP contribution in [-0.2, 0) is 12.8 Å². The maximum absolute atomic E-state index is 11.5. The topological polar surface area (TPSA) is 86.7 Å². The van der Waals surface area contributed by atoms with Crippen molar-refractivity contribution in [2.45, 2.75) is 12.8 Å². The minimum absolute atomic E-state index is 0. The summed E-state index contributed by atoms with van der Waals surface area (Å²) in [5.74, 6) is -2.40. The summed E-state index contributed by atoms with van der Waals surface area (Å²) in [5.41, 5.74) is 5.36. The molecule has 6 nitrogen and oxygen atoms in total. The third-order valence-corrected chi connectivity index (χ3v) is 9.66. The molecule has 0 aliphatic heterocycles. The molecule has 6 aromatic rings. The third-order valence-electron chi connectivity index (χ3n) is 8.18. The Hall–Kier alpha value is -3.72. The number of carbonyl (C=O) groups excluding carboxylic acids is 2. The SMILES string of the molecule is O=C([O-])c1ccccc1N(CCc1ccc(Cl)c(Cl)c1)c1ccccc1.O=C([O-])c1ccccc1N(CCc1ccc(Cl)c(Cl)c1)c1ccccc1.[Ca+2]. The van der Waals surface area contributed by atoms with Crippen LogP contribution in [0.2, 0.25) is 20.1 Å². The maximum atomic E-state index is 11.5. The van der Waals surface area contributed by atoms with Gasteiger partial charge in [0, 0.05) is 35.6 Å². The van der Waals surface area contributed by atoms with Gasteiger partial charge in [-0.3, -0.25) is 0 Å². The van der Waals surface area contributed by atoms with Gasteiger partial charge in [0.2, 0.25) is 0 Å². The predicted octanol–water partition coefficient (Wildman–Crippen LogP) is 9.09. The van der Waals surface area contributed by atoms with Crippen LogP contribution in [0.3, 0.4) is 0 Å².